The molecular weight excluding hydrogens is 220 g/mol. The largest absolute Gasteiger partial charge is 0.143 e. The maximum atomic E-state index is 6.06. The van der Waals surface area contributed by atoms with Crippen LogP contribution in [-0.4, -0.2) is 0 Å². The average Bonchev–Trinajstić information content (AvgIpc) is 2.60. The Morgan fingerprint density at radius 1 is 1.54 bits per heavy atom. The molecule has 0 aliphatic rings. The molecule has 3 heteroatoms. The number of thiophene rings is 1. The van der Waals surface area contributed by atoms with Crippen LogP contribution in [0.1, 0.15) is 12.5 Å². The first-order valence-corrected chi connectivity index (χ1v) is 5.82. The first-order valence-electron chi connectivity index (χ1n) is 4.11. The first kappa shape index (κ1) is 9.38. The SMILES string of the molecule is CCc1cc(Cl)c(S)c2ccsc12. The third-order valence-corrected chi connectivity index (χ3v) is 4.02. The van der Waals surface area contributed by atoms with Crippen LogP contribution in [0.5, 0.6) is 0 Å². The molecule has 0 N–H and O–H groups in total. The zero-order chi connectivity index (χ0) is 9.42. The molecule has 0 saturated carbocycles. The second-order valence-corrected chi connectivity index (χ2v) is 4.65. The van der Waals surface area contributed by atoms with E-state index in [4.69, 9.17) is 11.6 Å². The molecule has 0 radical (unpaired) electrons. The molecule has 0 fully saturated rings. The summed E-state index contributed by atoms with van der Waals surface area (Å²) in [4.78, 5) is 0.898. The second kappa shape index (κ2) is 3.52. The van der Waals surface area contributed by atoms with E-state index in [0.29, 0.717) is 0 Å². The van der Waals surface area contributed by atoms with Crippen molar-refractivity contribution in [2.45, 2.75) is 18.2 Å². The summed E-state index contributed by atoms with van der Waals surface area (Å²) in [5.41, 5.74) is 1.31. The van der Waals surface area contributed by atoms with E-state index in [0.717, 1.165) is 16.3 Å². The van der Waals surface area contributed by atoms with Crippen LogP contribution in [0.15, 0.2) is 22.4 Å². The highest BCUT2D eigenvalue weighted by Crippen LogP contribution is 2.35. The van der Waals surface area contributed by atoms with Gasteiger partial charge in [-0.15, -0.1) is 24.0 Å². The van der Waals surface area contributed by atoms with Crippen molar-refractivity contribution in [1.29, 1.82) is 0 Å². The predicted molar refractivity (Wildman–Crippen MR) is 63.5 cm³/mol. The van der Waals surface area contributed by atoms with Gasteiger partial charge in [0.2, 0.25) is 0 Å². The van der Waals surface area contributed by atoms with Gasteiger partial charge in [0, 0.05) is 15.0 Å². The third kappa shape index (κ3) is 1.47. The van der Waals surface area contributed by atoms with Crippen molar-refractivity contribution in [2.75, 3.05) is 0 Å². The molecule has 0 amide bonds. The van der Waals surface area contributed by atoms with E-state index in [9.17, 15) is 0 Å². The Morgan fingerprint density at radius 3 is 3.00 bits per heavy atom. The fourth-order valence-corrected chi connectivity index (χ4v) is 2.97. The number of hydrogen-bond acceptors (Lipinski definition) is 2. The van der Waals surface area contributed by atoms with Gasteiger partial charge >= 0.3 is 0 Å². The fourth-order valence-electron chi connectivity index (χ4n) is 1.42. The number of rotatable bonds is 1. The van der Waals surface area contributed by atoms with Crippen LogP contribution in [0, 0.1) is 0 Å². The van der Waals surface area contributed by atoms with Crippen LogP contribution in [0.4, 0.5) is 0 Å². The van der Waals surface area contributed by atoms with Crippen LogP contribution in [0.3, 0.4) is 0 Å². The van der Waals surface area contributed by atoms with Crippen molar-refractivity contribution in [3.63, 3.8) is 0 Å². The van der Waals surface area contributed by atoms with Gasteiger partial charge in [-0.25, -0.2) is 0 Å². The molecule has 2 rings (SSSR count). The van der Waals surface area contributed by atoms with Gasteiger partial charge in [0.1, 0.15) is 0 Å². The van der Waals surface area contributed by atoms with E-state index < -0.39 is 0 Å². The highest BCUT2D eigenvalue weighted by Gasteiger charge is 2.07. The van der Waals surface area contributed by atoms with E-state index in [-0.39, 0.29) is 0 Å². The lowest BCUT2D eigenvalue weighted by atomic mass is 10.1. The van der Waals surface area contributed by atoms with Crippen LogP contribution in [-0.2, 0) is 6.42 Å². The Labute approximate surface area is 91.9 Å². The molecule has 0 atom stereocenters. The van der Waals surface area contributed by atoms with E-state index in [1.807, 2.05) is 6.07 Å². The smallest absolute Gasteiger partial charge is 0.0549 e. The van der Waals surface area contributed by atoms with Crippen molar-refractivity contribution in [3.8, 4) is 0 Å². The van der Waals surface area contributed by atoms with E-state index >= 15 is 0 Å². The zero-order valence-corrected chi connectivity index (χ0v) is 9.64. The number of benzene rings is 1. The minimum absolute atomic E-state index is 0.756. The van der Waals surface area contributed by atoms with Crippen molar-refractivity contribution in [1.82, 2.24) is 0 Å². The Hall–Kier alpha value is -0.180. The molecule has 0 aliphatic carbocycles. The summed E-state index contributed by atoms with van der Waals surface area (Å²) in [6, 6.07) is 4.09. The van der Waals surface area contributed by atoms with Gasteiger partial charge in [-0.05, 0) is 29.5 Å². The van der Waals surface area contributed by atoms with E-state index in [1.165, 1.54) is 15.6 Å². The third-order valence-electron chi connectivity index (χ3n) is 2.12. The fraction of sp³-hybridized carbons (Fsp3) is 0.200. The summed E-state index contributed by atoms with van der Waals surface area (Å²) in [6.07, 6.45) is 1.02. The molecule has 0 bridgehead atoms. The summed E-state index contributed by atoms with van der Waals surface area (Å²) in [5, 5.41) is 4.02. The van der Waals surface area contributed by atoms with Crippen molar-refractivity contribution >= 4 is 45.7 Å². The van der Waals surface area contributed by atoms with Crippen LogP contribution in [0.2, 0.25) is 5.02 Å². The molecule has 0 saturated heterocycles. The van der Waals surface area contributed by atoms with Gasteiger partial charge < -0.3 is 0 Å². The lowest BCUT2D eigenvalue weighted by Gasteiger charge is -2.04. The van der Waals surface area contributed by atoms with Crippen LogP contribution in [0.25, 0.3) is 10.1 Å². The summed E-state index contributed by atoms with van der Waals surface area (Å²) in [5.74, 6) is 0. The maximum Gasteiger partial charge on any atom is 0.0549 e. The molecule has 1 aromatic carbocycles. The van der Waals surface area contributed by atoms with E-state index in [1.54, 1.807) is 11.3 Å². The minimum atomic E-state index is 0.756. The normalized spacial score (nSPS) is 11.0. The second-order valence-electron chi connectivity index (χ2n) is 2.88. The quantitative estimate of drug-likeness (QED) is 0.687. The topological polar surface area (TPSA) is 0 Å². The van der Waals surface area contributed by atoms with Gasteiger partial charge in [-0.2, -0.15) is 0 Å². The highest BCUT2D eigenvalue weighted by molar-refractivity contribution is 7.80. The lowest BCUT2D eigenvalue weighted by molar-refractivity contribution is 1.16. The molecular formula is C10H9ClS2. The molecule has 13 heavy (non-hydrogen) atoms. The molecule has 0 nitrogen and oxygen atoms in total. The predicted octanol–water partition coefficient (Wildman–Crippen LogP) is 4.41. The number of thiol groups is 1. The molecule has 1 heterocycles. The lowest BCUT2D eigenvalue weighted by Crippen LogP contribution is -1.82. The molecule has 0 spiro atoms. The molecule has 0 unspecified atom stereocenters. The molecule has 68 valence electrons. The Balaban J connectivity index is 2.87. The Morgan fingerprint density at radius 2 is 2.31 bits per heavy atom. The zero-order valence-electron chi connectivity index (χ0n) is 7.17. The molecule has 2 aromatic rings. The minimum Gasteiger partial charge on any atom is -0.143 e. The first-order chi connectivity index (χ1) is 6.24. The van der Waals surface area contributed by atoms with Crippen molar-refractivity contribution < 1.29 is 0 Å². The number of hydrogen-bond donors (Lipinski definition) is 1. The summed E-state index contributed by atoms with van der Waals surface area (Å²) >= 11 is 12.2. The average molecular weight is 229 g/mol. The Bertz CT molecular complexity index is 445. The number of fused-ring (bicyclic) bond motifs is 1. The monoisotopic (exact) mass is 228 g/mol. The van der Waals surface area contributed by atoms with Gasteiger partial charge in [0.25, 0.3) is 0 Å². The summed E-state index contributed by atoms with van der Waals surface area (Å²) in [7, 11) is 0. The van der Waals surface area contributed by atoms with Crippen LogP contribution >= 0.6 is 35.6 Å². The van der Waals surface area contributed by atoms with Crippen LogP contribution < -0.4 is 0 Å². The summed E-state index contributed by atoms with van der Waals surface area (Å²) < 4.78 is 1.32. The molecule has 0 aliphatic heterocycles. The Kier molecular flexibility index (Phi) is 2.54. The van der Waals surface area contributed by atoms with E-state index in [2.05, 4.69) is 31.0 Å². The highest BCUT2D eigenvalue weighted by atomic mass is 35.5. The maximum absolute atomic E-state index is 6.06. The van der Waals surface area contributed by atoms with Gasteiger partial charge in [-0.1, -0.05) is 18.5 Å². The van der Waals surface area contributed by atoms with Crippen molar-refractivity contribution in [2.24, 2.45) is 0 Å². The molecule has 1 aromatic heterocycles. The van der Waals surface area contributed by atoms with Gasteiger partial charge in [-0.3, -0.25) is 0 Å². The number of halogens is 1. The van der Waals surface area contributed by atoms with Crippen molar-refractivity contribution in [3.05, 3.63) is 28.1 Å². The standard InChI is InChI=1S/C10H9ClS2/c1-2-6-5-8(11)9(12)7-3-4-13-10(6)7/h3-5,12H,2H2,1H3. The van der Waals surface area contributed by atoms with Gasteiger partial charge in [0.15, 0.2) is 0 Å². The number of aryl methyl sites for hydroxylation is 1. The summed E-state index contributed by atoms with van der Waals surface area (Å²) in [6.45, 7) is 2.14. The van der Waals surface area contributed by atoms with Gasteiger partial charge in [0.05, 0.1) is 5.02 Å².